The molecule has 18 heavy (non-hydrogen) atoms. The molecule has 0 aliphatic rings. The molecule has 2 N–H and O–H groups in total. The zero-order valence-electron chi connectivity index (χ0n) is 9.75. The first-order valence-corrected chi connectivity index (χ1v) is 6.22. The molecule has 1 aromatic heterocycles. The molecule has 0 saturated carbocycles. The number of rotatable bonds is 3. The van der Waals surface area contributed by atoms with E-state index in [1.54, 1.807) is 31.2 Å². The summed E-state index contributed by atoms with van der Waals surface area (Å²) in [7, 11) is 0. The summed E-state index contributed by atoms with van der Waals surface area (Å²) in [6, 6.07) is 10.3. The predicted octanol–water partition coefficient (Wildman–Crippen LogP) is 2.61. The quantitative estimate of drug-likeness (QED) is 0.658. The second kappa shape index (κ2) is 5.46. The summed E-state index contributed by atoms with van der Waals surface area (Å²) in [6.45, 7) is 1.77. The molecule has 0 bridgehead atoms. The minimum Gasteiger partial charge on any atom is -0.508 e. The lowest BCUT2D eigenvalue weighted by molar-refractivity contribution is 0.0959. The van der Waals surface area contributed by atoms with Crippen molar-refractivity contribution < 1.29 is 9.90 Å². The van der Waals surface area contributed by atoms with Gasteiger partial charge in [0.05, 0.1) is 10.6 Å². The van der Waals surface area contributed by atoms with Crippen LogP contribution >= 0.6 is 11.3 Å². The maximum absolute atomic E-state index is 11.7. The molecule has 0 spiro atoms. The van der Waals surface area contributed by atoms with Crippen molar-refractivity contribution in [3.8, 4) is 5.75 Å². The van der Waals surface area contributed by atoms with E-state index in [1.807, 2.05) is 17.5 Å². The van der Waals surface area contributed by atoms with Crippen molar-refractivity contribution in [2.24, 2.45) is 5.10 Å². The second-order valence-electron chi connectivity index (χ2n) is 3.67. The lowest BCUT2D eigenvalue weighted by Crippen LogP contribution is -2.18. The Morgan fingerprint density at radius 3 is 2.83 bits per heavy atom. The van der Waals surface area contributed by atoms with Gasteiger partial charge in [-0.1, -0.05) is 18.2 Å². The summed E-state index contributed by atoms with van der Waals surface area (Å²) < 4.78 is 0. The standard InChI is InChI=1S/C13H12N2O2S/c1-9(10-4-2-5-11(16)8-10)14-15-13(17)12-6-3-7-18-12/h2-8,16H,1H3,(H,15,17)/b14-9-. The Morgan fingerprint density at radius 2 is 2.17 bits per heavy atom. The molecule has 0 radical (unpaired) electrons. The normalized spacial score (nSPS) is 11.3. The highest BCUT2D eigenvalue weighted by Crippen LogP contribution is 2.12. The van der Waals surface area contributed by atoms with Gasteiger partial charge in [-0.15, -0.1) is 11.3 Å². The van der Waals surface area contributed by atoms with Crippen LogP contribution in [-0.4, -0.2) is 16.7 Å². The van der Waals surface area contributed by atoms with Gasteiger partial charge < -0.3 is 5.11 Å². The van der Waals surface area contributed by atoms with Gasteiger partial charge in [-0.3, -0.25) is 4.79 Å². The lowest BCUT2D eigenvalue weighted by Gasteiger charge is -2.02. The van der Waals surface area contributed by atoms with Gasteiger partial charge in [0, 0.05) is 5.56 Å². The summed E-state index contributed by atoms with van der Waals surface area (Å²) in [4.78, 5) is 12.3. The van der Waals surface area contributed by atoms with Crippen LogP contribution in [-0.2, 0) is 0 Å². The van der Waals surface area contributed by atoms with Crippen LogP contribution in [0.5, 0.6) is 5.75 Å². The van der Waals surface area contributed by atoms with Gasteiger partial charge in [-0.25, -0.2) is 5.43 Å². The Labute approximate surface area is 109 Å². The smallest absolute Gasteiger partial charge is 0.281 e. The molecule has 92 valence electrons. The number of nitrogens with one attached hydrogen (secondary N) is 1. The zero-order valence-corrected chi connectivity index (χ0v) is 10.6. The fourth-order valence-corrected chi connectivity index (χ4v) is 2.01. The molecule has 0 aliphatic carbocycles. The first kappa shape index (κ1) is 12.3. The van der Waals surface area contributed by atoms with Gasteiger partial charge in [-0.05, 0) is 30.5 Å². The van der Waals surface area contributed by atoms with Crippen LogP contribution in [0.4, 0.5) is 0 Å². The number of carbonyl (C=O) groups excluding carboxylic acids is 1. The van der Waals surface area contributed by atoms with Crippen molar-refractivity contribution >= 4 is 23.0 Å². The molecule has 2 rings (SSSR count). The number of nitrogens with zero attached hydrogens (tertiary/aromatic N) is 1. The van der Waals surface area contributed by atoms with Gasteiger partial charge in [0.2, 0.25) is 0 Å². The lowest BCUT2D eigenvalue weighted by atomic mass is 10.1. The molecule has 0 unspecified atom stereocenters. The molecule has 0 saturated heterocycles. The van der Waals surface area contributed by atoms with Crippen molar-refractivity contribution in [3.05, 3.63) is 52.2 Å². The minimum absolute atomic E-state index is 0.173. The third kappa shape index (κ3) is 2.95. The molecular formula is C13H12N2O2S. The van der Waals surface area contributed by atoms with Crippen LogP contribution in [0.2, 0.25) is 0 Å². The average molecular weight is 260 g/mol. The average Bonchev–Trinajstić information content (AvgIpc) is 2.89. The Hall–Kier alpha value is -2.14. The molecule has 0 fully saturated rings. The van der Waals surface area contributed by atoms with E-state index < -0.39 is 0 Å². The molecule has 0 aliphatic heterocycles. The van der Waals surface area contributed by atoms with Gasteiger partial charge in [0.15, 0.2) is 0 Å². The van der Waals surface area contributed by atoms with Crippen LogP contribution < -0.4 is 5.43 Å². The maximum Gasteiger partial charge on any atom is 0.281 e. The summed E-state index contributed by atoms with van der Waals surface area (Å²) in [5.74, 6) is -0.0591. The van der Waals surface area contributed by atoms with Gasteiger partial charge in [0.1, 0.15) is 5.75 Å². The van der Waals surface area contributed by atoms with Gasteiger partial charge in [-0.2, -0.15) is 5.10 Å². The number of thiophene rings is 1. The van der Waals surface area contributed by atoms with Crippen LogP contribution in [0, 0.1) is 0 Å². The predicted molar refractivity (Wildman–Crippen MR) is 72.1 cm³/mol. The van der Waals surface area contributed by atoms with E-state index in [1.165, 1.54) is 11.3 Å². The van der Waals surface area contributed by atoms with E-state index in [0.29, 0.717) is 10.6 Å². The Balaban J connectivity index is 2.08. The molecule has 5 heteroatoms. The number of carbonyl (C=O) groups is 1. The summed E-state index contributed by atoms with van der Waals surface area (Å²) >= 11 is 1.36. The van der Waals surface area contributed by atoms with Gasteiger partial charge in [0.25, 0.3) is 5.91 Å². The largest absolute Gasteiger partial charge is 0.508 e. The highest BCUT2D eigenvalue weighted by Gasteiger charge is 2.05. The Bertz CT molecular complexity index is 576. The van der Waals surface area contributed by atoms with Crippen molar-refractivity contribution in [3.63, 3.8) is 0 Å². The molecular weight excluding hydrogens is 248 g/mol. The number of hydrogen-bond donors (Lipinski definition) is 2. The molecule has 0 atom stereocenters. The molecule has 1 amide bonds. The third-order valence-corrected chi connectivity index (χ3v) is 3.20. The van der Waals surface area contributed by atoms with E-state index in [-0.39, 0.29) is 11.7 Å². The SMILES string of the molecule is C/C(=N/NC(=O)c1cccs1)c1cccc(O)c1. The number of amides is 1. The molecule has 1 heterocycles. The molecule has 1 aromatic carbocycles. The van der Waals surface area contributed by atoms with Crippen molar-refractivity contribution in [2.45, 2.75) is 6.92 Å². The second-order valence-corrected chi connectivity index (χ2v) is 4.61. The number of aromatic hydroxyl groups is 1. The van der Waals surface area contributed by atoms with E-state index in [4.69, 9.17) is 0 Å². The van der Waals surface area contributed by atoms with E-state index in [9.17, 15) is 9.90 Å². The zero-order chi connectivity index (χ0) is 13.0. The fraction of sp³-hybridized carbons (Fsp3) is 0.0769. The number of phenolic OH excluding ortho intramolecular Hbond substituents is 1. The van der Waals surface area contributed by atoms with Crippen LogP contribution in [0.3, 0.4) is 0 Å². The highest BCUT2D eigenvalue weighted by atomic mass is 32.1. The monoisotopic (exact) mass is 260 g/mol. The molecule has 4 nitrogen and oxygen atoms in total. The molecule has 2 aromatic rings. The Kier molecular flexibility index (Phi) is 3.74. The van der Waals surface area contributed by atoms with Gasteiger partial charge >= 0.3 is 0 Å². The highest BCUT2D eigenvalue weighted by molar-refractivity contribution is 7.12. The number of hydrogen-bond acceptors (Lipinski definition) is 4. The van der Waals surface area contributed by atoms with Crippen LogP contribution in [0.25, 0.3) is 0 Å². The topological polar surface area (TPSA) is 61.7 Å². The number of benzene rings is 1. The summed E-state index contributed by atoms with van der Waals surface area (Å²) in [6.07, 6.45) is 0. The number of hydrazone groups is 1. The van der Waals surface area contributed by atoms with E-state index in [0.717, 1.165) is 5.56 Å². The minimum atomic E-state index is -0.232. The van der Waals surface area contributed by atoms with Crippen LogP contribution in [0.1, 0.15) is 22.2 Å². The van der Waals surface area contributed by atoms with E-state index >= 15 is 0 Å². The first-order chi connectivity index (χ1) is 8.66. The van der Waals surface area contributed by atoms with Crippen molar-refractivity contribution in [1.82, 2.24) is 5.43 Å². The fourth-order valence-electron chi connectivity index (χ4n) is 1.39. The summed E-state index contributed by atoms with van der Waals surface area (Å²) in [5, 5.41) is 15.2. The first-order valence-electron chi connectivity index (χ1n) is 5.34. The van der Waals surface area contributed by atoms with E-state index in [2.05, 4.69) is 10.5 Å². The Morgan fingerprint density at radius 1 is 1.33 bits per heavy atom. The third-order valence-electron chi connectivity index (χ3n) is 2.33. The summed E-state index contributed by atoms with van der Waals surface area (Å²) in [5.41, 5.74) is 3.88. The maximum atomic E-state index is 11.7. The van der Waals surface area contributed by atoms with Crippen LogP contribution in [0.15, 0.2) is 46.9 Å². The van der Waals surface area contributed by atoms with Crippen molar-refractivity contribution in [2.75, 3.05) is 0 Å². The number of phenols is 1. The van der Waals surface area contributed by atoms with Crippen molar-refractivity contribution in [1.29, 1.82) is 0 Å².